The van der Waals surface area contributed by atoms with Crippen molar-refractivity contribution >= 4 is 5.97 Å². The summed E-state index contributed by atoms with van der Waals surface area (Å²) in [6, 6.07) is -1.60. The molecule has 0 aromatic heterocycles. The monoisotopic (exact) mass is 267 g/mol. The number of alkyl halides is 3. The lowest BCUT2D eigenvalue weighted by atomic mass is 9.87. The van der Waals surface area contributed by atoms with Crippen LogP contribution in [0.4, 0.5) is 13.2 Å². The Labute approximate surface area is 105 Å². The normalized spacial score (nSPS) is 25.9. The Balaban J connectivity index is 2.60. The molecule has 1 heterocycles. The third kappa shape index (κ3) is 4.84. The molecule has 1 aliphatic rings. The highest BCUT2D eigenvalue weighted by molar-refractivity contribution is 5.70. The van der Waals surface area contributed by atoms with Crippen molar-refractivity contribution < 1.29 is 22.7 Å². The fourth-order valence-corrected chi connectivity index (χ4v) is 2.16. The van der Waals surface area contributed by atoms with E-state index in [1.807, 2.05) is 0 Å². The predicted molar refractivity (Wildman–Crippen MR) is 61.0 cm³/mol. The first-order chi connectivity index (χ1) is 8.09. The van der Waals surface area contributed by atoms with Crippen molar-refractivity contribution in [3.05, 3.63) is 0 Å². The minimum atomic E-state index is -4.31. The van der Waals surface area contributed by atoms with Crippen LogP contribution in [0.15, 0.2) is 0 Å². The summed E-state index contributed by atoms with van der Waals surface area (Å²) < 4.78 is 43.4. The van der Waals surface area contributed by atoms with Gasteiger partial charge in [-0.15, -0.1) is 0 Å². The largest absolute Gasteiger partial charge is 0.460 e. The van der Waals surface area contributed by atoms with Crippen molar-refractivity contribution in [1.29, 1.82) is 0 Å². The van der Waals surface area contributed by atoms with E-state index in [1.54, 1.807) is 20.8 Å². The van der Waals surface area contributed by atoms with Gasteiger partial charge < -0.3 is 10.1 Å². The lowest BCUT2D eigenvalue weighted by Crippen LogP contribution is -2.51. The van der Waals surface area contributed by atoms with Crippen LogP contribution in [0, 0.1) is 5.92 Å². The lowest BCUT2D eigenvalue weighted by molar-refractivity contribution is -0.178. The van der Waals surface area contributed by atoms with E-state index in [9.17, 15) is 18.0 Å². The van der Waals surface area contributed by atoms with Crippen molar-refractivity contribution in [3.8, 4) is 0 Å². The molecule has 1 rings (SSSR count). The predicted octanol–water partition coefficient (Wildman–Crippen LogP) is 2.65. The van der Waals surface area contributed by atoms with Gasteiger partial charge in [0.1, 0.15) is 11.6 Å². The number of carbonyl (C=O) groups is 1. The summed E-state index contributed by atoms with van der Waals surface area (Å²) in [5.41, 5.74) is -0.660. The summed E-state index contributed by atoms with van der Waals surface area (Å²) >= 11 is 0. The van der Waals surface area contributed by atoms with Crippen molar-refractivity contribution in [2.75, 3.05) is 6.54 Å². The molecule has 0 aliphatic carbocycles. The SMILES string of the molecule is CC(C)(C)OC(=O)C[C@@H]1CCCN[C@H]1C(F)(F)F. The van der Waals surface area contributed by atoms with E-state index in [0.717, 1.165) is 0 Å². The summed E-state index contributed by atoms with van der Waals surface area (Å²) in [5.74, 6) is -1.29. The zero-order valence-corrected chi connectivity index (χ0v) is 10.9. The molecule has 3 nitrogen and oxygen atoms in total. The highest BCUT2D eigenvalue weighted by atomic mass is 19.4. The molecule has 2 atom stereocenters. The summed E-state index contributed by atoms with van der Waals surface area (Å²) in [4.78, 5) is 11.6. The van der Waals surface area contributed by atoms with Crippen LogP contribution in [-0.4, -0.2) is 30.3 Å². The average Bonchev–Trinajstić information content (AvgIpc) is 2.13. The third-order valence-electron chi connectivity index (χ3n) is 2.79. The first-order valence-corrected chi connectivity index (χ1v) is 6.11. The second kappa shape index (κ2) is 5.47. The number of halogens is 3. The number of rotatable bonds is 2. The minimum absolute atomic E-state index is 0.186. The molecule has 106 valence electrons. The number of ether oxygens (including phenoxy) is 1. The molecule has 1 fully saturated rings. The topological polar surface area (TPSA) is 38.3 Å². The molecule has 6 heteroatoms. The van der Waals surface area contributed by atoms with Crippen molar-refractivity contribution in [1.82, 2.24) is 5.32 Å². The van der Waals surface area contributed by atoms with E-state index < -0.39 is 29.7 Å². The molecular weight excluding hydrogens is 247 g/mol. The molecule has 0 aromatic rings. The second-order valence-corrected chi connectivity index (χ2v) is 5.67. The van der Waals surface area contributed by atoms with Gasteiger partial charge in [0, 0.05) is 0 Å². The van der Waals surface area contributed by atoms with Crippen LogP contribution in [0.25, 0.3) is 0 Å². The van der Waals surface area contributed by atoms with Crippen LogP contribution in [0.5, 0.6) is 0 Å². The van der Waals surface area contributed by atoms with Gasteiger partial charge >= 0.3 is 12.1 Å². The van der Waals surface area contributed by atoms with Crippen LogP contribution in [-0.2, 0) is 9.53 Å². The molecule has 0 bridgehead atoms. The van der Waals surface area contributed by atoms with Gasteiger partial charge in [-0.2, -0.15) is 13.2 Å². The Morgan fingerprint density at radius 3 is 2.44 bits per heavy atom. The van der Waals surface area contributed by atoms with Gasteiger partial charge in [-0.25, -0.2) is 0 Å². The maximum absolute atomic E-state index is 12.8. The van der Waals surface area contributed by atoms with E-state index in [2.05, 4.69) is 5.32 Å². The molecule has 18 heavy (non-hydrogen) atoms. The van der Waals surface area contributed by atoms with Crippen LogP contribution in [0.2, 0.25) is 0 Å². The van der Waals surface area contributed by atoms with Gasteiger partial charge in [0.05, 0.1) is 6.42 Å². The van der Waals surface area contributed by atoms with Crippen LogP contribution in [0.3, 0.4) is 0 Å². The molecule has 1 N–H and O–H groups in total. The van der Waals surface area contributed by atoms with Gasteiger partial charge in [-0.3, -0.25) is 4.79 Å². The lowest BCUT2D eigenvalue weighted by Gasteiger charge is -2.34. The first-order valence-electron chi connectivity index (χ1n) is 6.11. The Hall–Kier alpha value is -0.780. The summed E-state index contributed by atoms with van der Waals surface area (Å²) in [6.45, 7) is 5.44. The number of esters is 1. The molecule has 0 radical (unpaired) electrons. The van der Waals surface area contributed by atoms with Gasteiger partial charge in [0.25, 0.3) is 0 Å². The maximum atomic E-state index is 12.8. The zero-order valence-electron chi connectivity index (χ0n) is 10.9. The number of hydrogen-bond donors (Lipinski definition) is 1. The molecule has 1 aliphatic heterocycles. The Kier molecular flexibility index (Phi) is 4.64. The summed E-state index contributed by atoms with van der Waals surface area (Å²) in [5, 5.41) is 2.44. The smallest absolute Gasteiger partial charge is 0.404 e. The van der Waals surface area contributed by atoms with Gasteiger partial charge in [0.2, 0.25) is 0 Å². The molecule has 1 saturated heterocycles. The fraction of sp³-hybridized carbons (Fsp3) is 0.917. The highest BCUT2D eigenvalue weighted by Gasteiger charge is 2.46. The summed E-state index contributed by atoms with van der Waals surface area (Å²) in [6.07, 6.45) is -3.45. The molecule has 0 saturated carbocycles. The number of carbonyl (C=O) groups excluding carboxylic acids is 1. The van der Waals surface area contributed by atoms with E-state index >= 15 is 0 Å². The van der Waals surface area contributed by atoms with Crippen molar-refractivity contribution in [2.24, 2.45) is 5.92 Å². The molecule has 0 spiro atoms. The van der Waals surface area contributed by atoms with Gasteiger partial charge in [0.15, 0.2) is 0 Å². The van der Waals surface area contributed by atoms with E-state index in [4.69, 9.17) is 4.74 Å². The highest BCUT2D eigenvalue weighted by Crippen LogP contribution is 2.32. The molecular formula is C12H20F3NO2. The van der Waals surface area contributed by atoms with Crippen molar-refractivity contribution in [2.45, 2.75) is 57.9 Å². The maximum Gasteiger partial charge on any atom is 0.404 e. The Bertz CT molecular complexity index is 297. The van der Waals surface area contributed by atoms with E-state index in [1.165, 1.54) is 0 Å². The standard InChI is InChI=1S/C12H20F3NO2/c1-11(2,3)18-9(17)7-8-5-4-6-16-10(8)12(13,14)15/h8,10,16H,4-7H2,1-3H3/t8-,10+/m0/s1. The molecule has 0 aromatic carbocycles. The average molecular weight is 267 g/mol. The summed E-state index contributed by atoms with van der Waals surface area (Å²) in [7, 11) is 0. The Morgan fingerprint density at radius 1 is 1.33 bits per heavy atom. The minimum Gasteiger partial charge on any atom is -0.460 e. The van der Waals surface area contributed by atoms with Crippen molar-refractivity contribution in [3.63, 3.8) is 0 Å². The first kappa shape index (κ1) is 15.3. The quantitative estimate of drug-likeness (QED) is 0.782. The number of piperidine rings is 1. The second-order valence-electron chi connectivity index (χ2n) is 5.67. The van der Waals surface area contributed by atoms with Crippen LogP contribution in [0.1, 0.15) is 40.0 Å². The van der Waals surface area contributed by atoms with Gasteiger partial charge in [-0.05, 0) is 46.1 Å². The van der Waals surface area contributed by atoms with E-state index in [-0.39, 0.29) is 6.42 Å². The third-order valence-corrected chi connectivity index (χ3v) is 2.79. The number of nitrogens with one attached hydrogen (secondary N) is 1. The van der Waals surface area contributed by atoms with Crippen LogP contribution >= 0.6 is 0 Å². The van der Waals surface area contributed by atoms with Gasteiger partial charge in [-0.1, -0.05) is 0 Å². The Morgan fingerprint density at radius 2 is 1.94 bits per heavy atom. The fourth-order valence-electron chi connectivity index (χ4n) is 2.16. The van der Waals surface area contributed by atoms with E-state index in [0.29, 0.717) is 19.4 Å². The molecule has 0 unspecified atom stereocenters. The molecule has 0 amide bonds. The number of hydrogen-bond acceptors (Lipinski definition) is 3. The zero-order chi connectivity index (χ0) is 14.0. The van der Waals surface area contributed by atoms with Crippen LogP contribution < -0.4 is 5.32 Å².